The zero-order chi connectivity index (χ0) is 32.1. The molecule has 0 aromatic heterocycles. The maximum absolute atomic E-state index is 12.6. The lowest BCUT2D eigenvalue weighted by Gasteiger charge is -2.19. The molecule has 0 aliphatic carbocycles. The predicted octanol–water partition coefficient (Wildman–Crippen LogP) is 5.81. The van der Waals surface area contributed by atoms with Gasteiger partial charge in [-0.1, -0.05) is 67.9 Å². The monoisotopic (exact) mass is 597 g/mol. The lowest BCUT2D eigenvalue weighted by molar-refractivity contribution is -0.152. The minimum absolute atomic E-state index is 0.00842. The van der Waals surface area contributed by atoms with Gasteiger partial charge in [0.25, 0.3) is 0 Å². The molecular formula is C30H47NO11. The van der Waals surface area contributed by atoms with E-state index in [0.29, 0.717) is 5.56 Å². The number of carbonyl (C=O) groups is 4. The largest absolute Gasteiger partial charge is 0.513 e. The molecule has 0 heterocycles. The first kappa shape index (κ1) is 36.5. The van der Waals surface area contributed by atoms with Crippen molar-refractivity contribution in [1.29, 1.82) is 0 Å². The Kier molecular flexibility index (Phi) is 14.6. The first-order valence-electron chi connectivity index (χ1n) is 14.0. The highest BCUT2D eigenvalue weighted by molar-refractivity contribution is 5.76. The number of esters is 1. The van der Waals surface area contributed by atoms with Crippen LogP contribution in [0.25, 0.3) is 0 Å². The molecule has 0 aliphatic rings. The topological polar surface area (TPSA) is 159 Å². The van der Waals surface area contributed by atoms with Crippen LogP contribution in [0, 0.1) is 16.7 Å². The number of ether oxygens (including phenoxy) is 7. The Morgan fingerprint density at radius 2 is 1.29 bits per heavy atom. The maximum atomic E-state index is 12.6. The second kappa shape index (κ2) is 16.8. The van der Waals surface area contributed by atoms with Crippen LogP contribution in [-0.2, 0) is 34.9 Å². The number of hydrogen-bond donors (Lipinski definition) is 1. The summed E-state index contributed by atoms with van der Waals surface area (Å²) in [7, 11) is 0. The zero-order valence-corrected chi connectivity index (χ0v) is 26.3. The summed E-state index contributed by atoms with van der Waals surface area (Å²) in [5, 5.41) is 0. The predicted molar refractivity (Wildman–Crippen MR) is 153 cm³/mol. The Hall–Kier alpha value is -3.54. The molecule has 12 nitrogen and oxygen atoms in total. The van der Waals surface area contributed by atoms with Crippen LogP contribution in [0.5, 0.6) is 11.5 Å². The molecule has 12 heteroatoms. The van der Waals surface area contributed by atoms with Crippen LogP contribution in [0.2, 0.25) is 0 Å². The molecule has 0 saturated heterocycles. The Balaban J connectivity index is 2.86. The number of hydrogen-bond acceptors (Lipinski definition) is 12. The summed E-state index contributed by atoms with van der Waals surface area (Å²) in [5.41, 5.74) is 5.94. The third-order valence-corrected chi connectivity index (χ3v) is 5.33. The highest BCUT2D eigenvalue weighted by Crippen LogP contribution is 2.30. The molecule has 1 aromatic rings. The van der Waals surface area contributed by atoms with Gasteiger partial charge in [-0.05, 0) is 47.8 Å². The van der Waals surface area contributed by atoms with Crippen molar-refractivity contribution >= 4 is 24.4 Å². The molecule has 0 amide bonds. The van der Waals surface area contributed by atoms with E-state index in [1.807, 2.05) is 55.4 Å². The second-order valence-electron chi connectivity index (χ2n) is 12.6. The third kappa shape index (κ3) is 16.0. The fourth-order valence-electron chi connectivity index (χ4n) is 2.85. The Morgan fingerprint density at radius 1 is 0.762 bits per heavy atom. The fraction of sp³-hybridized carbons (Fsp3) is 0.667. The average molecular weight is 598 g/mol. The Bertz CT molecular complexity index is 1040. The summed E-state index contributed by atoms with van der Waals surface area (Å²) in [6.07, 6.45) is -2.76. The second-order valence-corrected chi connectivity index (χ2v) is 12.6. The normalized spacial score (nSPS) is 13.7. The lowest BCUT2D eigenvalue weighted by Crippen LogP contribution is -2.37. The quantitative estimate of drug-likeness (QED) is 0.165. The minimum Gasteiger partial charge on any atom is -0.458 e. The fourth-order valence-corrected chi connectivity index (χ4v) is 2.85. The van der Waals surface area contributed by atoms with Crippen molar-refractivity contribution in [2.24, 2.45) is 22.5 Å². The van der Waals surface area contributed by atoms with Gasteiger partial charge in [0.1, 0.15) is 18.8 Å². The molecule has 0 fully saturated rings. The van der Waals surface area contributed by atoms with Crippen LogP contribution in [-0.4, -0.2) is 63.0 Å². The van der Waals surface area contributed by atoms with Crippen molar-refractivity contribution in [3.05, 3.63) is 23.8 Å². The highest BCUT2D eigenvalue weighted by Gasteiger charge is 2.23. The van der Waals surface area contributed by atoms with Gasteiger partial charge in [-0.3, -0.25) is 4.79 Å². The van der Waals surface area contributed by atoms with E-state index in [1.165, 1.54) is 12.1 Å². The van der Waals surface area contributed by atoms with Gasteiger partial charge in [0.15, 0.2) is 11.5 Å². The summed E-state index contributed by atoms with van der Waals surface area (Å²) >= 11 is 0. The molecule has 0 aliphatic heterocycles. The van der Waals surface area contributed by atoms with Crippen LogP contribution < -0.4 is 15.2 Å². The van der Waals surface area contributed by atoms with Crippen LogP contribution in [0.1, 0.15) is 74.3 Å². The van der Waals surface area contributed by atoms with Gasteiger partial charge < -0.3 is 38.9 Å². The van der Waals surface area contributed by atoms with Gasteiger partial charge in [-0.25, -0.2) is 14.4 Å². The number of benzene rings is 1. The van der Waals surface area contributed by atoms with Gasteiger partial charge in [0.05, 0.1) is 19.8 Å². The summed E-state index contributed by atoms with van der Waals surface area (Å²) < 4.78 is 36.1. The molecule has 42 heavy (non-hydrogen) atoms. The molecular weight excluding hydrogens is 550 g/mol. The van der Waals surface area contributed by atoms with E-state index in [4.69, 9.17) is 38.9 Å². The summed E-state index contributed by atoms with van der Waals surface area (Å²) in [5.74, 6) is -0.754. The lowest BCUT2D eigenvalue weighted by atomic mass is 9.99. The SMILES string of the molecule is CCC(C)COC(=O)OC[C@H](C)OC(=O)[C@@H](N)Cc1ccc(OC(=O)OCC(C)(C)C)c(OC(=O)OCC(C)(C)C)c1. The summed E-state index contributed by atoms with van der Waals surface area (Å²) in [6.45, 7) is 17.0. The van der Waals surface area contributed by atoms with E-state index in [-0.39, 0.29) is 61.1 Å². The van der Waals surface area contributed by atoms with Crippen molar-refractivity contribution in [2.45, 2.75) is 87.3 Å². The first-order valence-corrected chi connectivity index (χ1v) is 14.0. The van der Waals surface area contributed by atoms with E-state index in [9.17, 15) is 19.2 Å². The Labute approximate surface area is 248 Å². The maximum Gasteiger partial charge on any atom is 0.513 e. The molecule has 1 rings (SSSR count). The van der Waals surface area contributed by atoms with E-state index < -0.39 is 36.6 Å². The van der Waals surface area contributed by atoms with Crippen molar-refractivity contribution in [1.82, 2.24) is 0 Å². The van der Waals surface area contributed by atoms with Gasteiger partial charge >= 0.3 is 24.4 Å². The van der Waals surface area contributed by atoms with E-state index >= 15 is 0 Å². The number of nitrogens with two attached hydrogens (primary N) is 1. The standard InChI is InChI=1S/C30H47NO11/c1-10-19(2)15-36-26(33)37-16-20(3)40-25(32)22(31)13-21-11-12-23(41-27(34)38-17-29(4,5)6)24(14-21)42-28(35)39-18-30(7,8)9/h11-12,14,19-20,22H,10,13,15-18,31H2,1-9H3/t19?,20-,22-/m0/s1. The molecule has 2 N–H and O–H groups in total. The molecule has 3 atom stereocenters. The van der Waals surface area contributed by atoms with E-state index in [2.05, 4.69) is 0 Å². The number of rotatable bonds is 13. The van der Waals surface area contributed by atoms with Gasteiger partial charge in [-0.2, -0.15) is 0 Å². The van der Waals surface area contributed by atoms with E-state index in [0.717, 1.165) is 6.42 Å². The van der Waals surface area contributed by atoms with Gasteiger partial charge in [0, 0.05) is 0 Å². The highest BCUT2D eigenvalue weighted by atomic mass is 16.7. The van der Waals surface area contributed by atoms with E-state index in [1.54, 1.807) is 13.0 Å². The van der Waals surface area contributed by atoms with Crippen LogP contribution in [0.3, 0.4) is 0 Å². The summed E-state index contributed by atoms with van der Waals surface area (Å²) in [4.78, 5) is 48.9. The molecule has 1 unspecified atom stereocenters. The third-order valence-electron chi connectivity index (χ3n) is 5.33. The summed E-state index contributed by atoms with van der Waals surface area (Å²) in [6, 6.07) is 3.23. The van der Waals surface area contributed by atoms with Crippen molar-refractivity contribution in [3.8, 4) is 11.5 Å². The van der Waals surface area contributed by atoms with Crippen molar-refractivity contribution in [2.75, 3.05) is 26.4 Å². The zero-order valence-electron chi connectivity index (χ0n) is 26.3. The van der Waals surface area contributed by atoms with Gasteiger partial charge in [0.2, 0.25) is 0 Å². The molecule has 0 spiro atoms. The molecule has 0 bridgehead atoms. The van der Waals surface area contributed by atoms with Crippen LogP contribution >= 0.6 is 0 Å². The molecule has 0 radical (unpaired) electrons. The van der Waals surface area contributed by atoms with Crippen LogP contribution in [0.4, 0.5) is 14.4 Å². The van der Waals surface area contributed by atoms with Gasteiger partial charge in [-0.15, -0.1) is 0 Å². The smallest absolute Gasteiger partial charge is 0.458 e. The minimum atomic E-state index is -1.10. The first-order chi connectivity index (χ1) is 19.4. The average Bonchev–Trinajstić information content (AvgIpc) is 2.88. The van der Waals surface area contributed by atoms with Crippen LogP contribution in [0.15, 0.2) is 18.2 Å². The number of carbonyl (C=O) groups excluding carboxylic acids is 4. The van der Waals surface area contributed by atoms with Crippen molar-refractivity contribution < 1.29 is 52.3 Å². The van der Waals surface area contributed by atoms with Crippen molar-refractivity contribution in [3.63, 3.8) is 0 Å². The molecule has 1 aromatic carbocycles. The molecule has 0 saturated carbocycles. The Morgan fingerprint density at radius 3 is 1.81 bits per heavy atom. The molecule has 238 valence electrons.